The molecule has 0 radical (unpaired) electrons. The van der Waals surface area contributed by atoms with E-state index in [-0.39, 0.29) is 6.42 Å². The number of hydrogen-bond acceptors (Lipinski definition) is 6. The molecule has 0 amide bonds. The first kappa shape index (κ1) is 17.1. The van der Waals surface area contributed by atoms with Crippen LogP contribution in [-0.2, 0) is 11.2 Å². The molecule has 3 rings (SSSR count). The molecule has 3 N–H and O–H groups in total. The summed E-state index contributed by atoms with van der Waals surface area (Å²) in [5, 5.41) is 9.70. The van der Waals surface area contributed by atoms with E-state index in [1.807, 2.05) is 48.5 Å². The number of hydrogen-bond donors (Lipinski definition) is 2. The minimum Gasteiger partial charge on any atom is -0.497 e. The summed E-state index contributed by atoms with van der Waals surface area (Å²) >= 11 is 1.33. The van der Waals surface area contributed by atoms with Crippen molar-refractivity contribution in [1.29, 1.82) is 0 Å². The van der Waals surface area contributed by atoms with Gasteiger partial charge in [-0.25, -0.2) is 4.98 Å². The van der Waals surface area contributed by atoms with Crippen molar-refractivity contribution in [2.75, 3.05) is 7.11 Å². The van der Waals surface area contributed by atoms with Gasteiger partial charge in [-0.2, -0.15) is 4.37 Å². The Morgan fingerprint density at radius 3 is 2.40 bits per heavy atom. The number of methoxy groups -OCH3 is 1. The van der Waals surface area contributed by atoms with E-state index in [1.165, 1.54) is 11.5 Å². The Morgan fingerprint density at radius 2 is 1.80 bits per heavy atom. The second kappa shape index (κ2) is 7.42. The summed E-state index contributed by atoms with van der Waals surface area (Å²) < 4.78 is 9.56. The predicted octanol–water partition coefficient (Wildman–Crippen LogP) is 2.84. The molecule has 128 valence electrons. The second-order valence-corrected chi connectivity index (χ2v) is 6.25. The first-order valence-corrected chi connectivity index (χ1v) is 8.40. The lowest BCUT2D eigenvalue weighted by atomic mass is 10.0. The Hall–Kier alpha value is -2.77. The number of nitrogens with two attached hydrogens (primary N) is 1. The second-order valence-electron chi connectivity index (χ2n) is 5.50. The van der Waals surface area contributed by atoms with E-state index in [4.69, 9.17) is 15.6 Å². The third-order valence-electron chi connectivity index (χ3n) is 3.75. The minimum absolute atomic E-state index is 0.289. The zero-order valence-corrected chi connectivity index (χ0v) is 14.4. The van der Waals surface area contributed by atoms with E-state index < -0.39 is 12.0 Å². The standard InChI is InChI=1S/C18H17N3O3S/c1-24-14-8-6-13(7-9-14)17-20-16(21-25-17)12-4-2-11(3-5-12)10-15(19)18(22)23/h2-9,15H,10,19H2,1H3,(H,22,23)/t15-/m0/s1. The highest BCUT2D eigenvalue weighted by Gasteiger charge is 2.13. The number of aromatic nitrogens is 2. The minimum atomic E-state index is -1.01. The van der Waals surface area contributed by atoms with Crippen LogP contribution < -0.4 is 10.5 Å². The molecule has 0 saturated heterocycles. The van der Waals surface area contributed by atoms with E-state index in [1.54, 1.807) is 7.11 Å². The SMILES string of the molecule is COc1ccc(-c2nc(-c3ccc(C[C@H](N)C(=O)O)cc3)ns2)cc1. The van der Waals surface area contributed by atoms with E-state index in [0.717, 1.165) is 27.4 Å². The van der Waals surface area contributed by atoms with Crippen molar-refractivity contribution < 1.29 is 14.6 Å². The first-order valence-electron chi connectivity index (χ1n) is 7.62. The van der Waals surface area contributed by atoms with E-state index >= 15 is 0 Å². The molecule has 1 heterocycles. The molecule has 2 aromatic carbocycles. The Bertz CT molecular complexity index is 860. The monoisotopic (exact) mass is 355 g/mol. The van der Waals surface area contributed by atoms with Crippen molar-refractivity contribution in [3.63, 3.8) is 0 Å². The van der Waals surface area contributed by atoms with Gasteiger partial charge in [-0.3, -0.25) is 4.79 Å². The molecule has 3 aromatic rings. The number of aliphatic carboxylic acids is 1. The van der Waals surface area contributed by atoms with Crippen molar-refractivity contribution in [2.24, 2.45) is 5.73 Å². The molecule has 0 aliphatic rings. The number of nitrogens with zero attached hydrogens (tertiary/aromatic N) is 2. The molecule has 0 aliphatic heterocycles. The maximum absolute atomic E-state index is 10.8. The van der Waals surface area contributed by atoms with Gasteiger partial charge in [-0.05, 0) is 47.8 Å². The van der Waals surface area contributed by atoms with E-state index in [2.05, 4.69) is 9.36 Å². The molecule has 0 unspecified atom stereocenters. The van der Waals surface area contributed by atoms with Gasteiger partial charge in [0.05, 0.1) is 7.11 Å². The van der Waals surface area contributed by atoms with Gasteiger partial charge in [0.25, 0.3) is 0 Å². The average Bonchev–Trinajstić information content (AvgIpc) is 3.12. The maximum Gasteiger partial charge on any atom is 0.320 e. The maximum atomic E-state index is 10.8. The predicted molar refractivity (Wildman–Crippen MR) is 96.6 cm³/mol. The van der Waals surface area contributed by atoms with Crippen LogP contribution in [0, 0.1) is 0 Å². The highest BCUT2D eigenvalue weighted by atomic mass is 32.1. The molecule has 1 atom stereocenters. The van der Waals surface area contributed by atoms with Crippen molar-refractivity contribution in [3.05, 3.63) is 54.1 Å². The zero-order chi connectivity index (χ0) is 17.8. The number of rotatable bonds is 6. The van der Waals surface area contributed by atoms with Gasteiger partial charge in [0.1, 0.15) is 16.8 Å². The summed E-state index contributed by atoms with van der Waals surface area (Å²) in [6, 6.07) is 14.2. The van der Waals surface area contributed by atoms with Crippen molar-refractivity contribution >= 4 is 17.5 Å². The summed E-state index contributed by atoms with van der Waals surface area (Å²) in [4.78, 5) is 15.4. The third-order valence-corrected chi connectivity index (χ3v) is 4.51. The lowest BCUT2D eigenvalue weighted by Crippen LogP contribution is -2.32. The van der Waals surface area contributed by atoms with E-state index in [9.17, 15) is 4.79 Å². The fraction of sp³-hybridized carbons (Fsp3) is 0.167. The van der Waals surface area contributed by atoms with Gasteiger partial charge >= 0.3 is 5.97 Å². The van der Waals surface area contributed by atoms with E-state index in [0.29, 0.717) is 5.82 Å². The molecule has 0 saturated carbocycles. The number of carbonyl (C=O) groups is 1. The van der Waals surface area contributed by atoms with Gasteiger partial charge in [0.15, 0.2) is 5.82 Å². The molecule has 0 aliphatic carbocycles. The molecule has 25 heavy (non-hydrogen) atoms. The normalized spacial score (nSPS) is 11.9. The van der Waals surface area contributed by atoms with Crippen LogP contribution in [0.25, 0.3) is 22.0 Å². The van der Waals surface area contributed by atoms with Crippen LogP contribution in [0.3, 0.4) is 0 Å². The third kappa shape index (κ3) is 4.01. The highest BCUT2D eigenvalue weighted by molar-refractivity contribution is 7.09. The summed E-state index contributed by atoms with van der Waals surface area (Å²) in [7, 11) is 1.63. The number of carboxylic acids is 1. The summed E-state index contributed by atoms with van der Waals surface area (Å²) in [5.74, 6) is 0.433. The van der Waals surface area contributed by atoms with Crippen LogP contribution >= 0.6 is 11.5 Å². The Morgan fingerprint density at radius 1 is 1.16 bits per heavy atom. The average molecular weight is 355 g/mol. The van der Waals surface area contributed by atoms with Gasteiger partial charge in [-0.1, -0.05) is 24.3 Å². The molecule has 0 spiro atoms. The van der Waals surface area contributed by atoms with Gasteiger partial charge in [0, 0.05) is 11.1 Å². The molecule has 0 bridgehead atoms. The van der Waals surface area contributed by atoms with Crippen molar-refractivity contribution in [1.82, 2.24) is 9.36 Å². The Labute approximate surface area is 149 Å². The van der Waals surface area contributed by atoms with Gasteiger partial charge in [0.2, 0.25) is 0 Å². The topological polar surface area (TPSA) is 98.3 Å². The fourth-order valence-electron chi connectivity index (χ4n) is 2.32. The molecule has 7 heteroatoms. The molecule has 0 fully saturated rings. The first-order chi connectivity index (χ1) is 12.1. The fourth-order valence-corrected chi connectivity index (χ4v) is 3.01. The Balaban J connectivity index is 1.76. The van der Waals surface area contributed by atoms with Crippen LogP contribution in [0.1, 0.15) is 5.56 Å². The lowest BCUT2D eigenvalue weighted by molar-refractivity contribution is -0.138. The number of benzene rings is 2. The molecule has 1 aromatic heterocycles. The molecule has 6 nitrogen and oxygen atoms in total. The number of carboxylic acid groups (broad SMARTS) is 1. The van der Waals surface area contributed by atoms with Crippen LogP contribution in [0.2, 0.25) is 0 Å². The van der Waals surface area contributed by atoms with Crippen LogP contribution in [0.4, 0.5) is 0 Å². The zero-order valence-electron chi connectivity index (χ0n) is 13.5. The highest BCUT2D eigenvalue weighted by Crippen LogP contribution is 2.27. The van der Waals surface area contributed by atoms with Crippen molar-refractivity contribution in [3.8, 4) is 27.7 Å². The van der Waals surface area contributed by atoms with Gasteiger partial charge in [-0.15, -0.1) is 0 Å². The van der Waals surface area contributed by atoms with Crippen molar-refractivity contribution in [2.45, 2.75) is 12.5 Å². The largest absolute Gasteiger partial charge is 0.497 e. The molecular weight excluding hydrogens is 338 g/mol. The van der Waals surface area contributed by atoms with Gasteiger partial charge < -0.3 is 15.6 Å². The quantitative estimate of drug-likeness (QED) is 0.705. The lowest BCUT2D eigenvalue weighted by Gasteiger charge is -2.06. The van der Waals surface area contributed by atoms with Crippen LogP contribution in [0.5, 0.6) is 5.75 Å². The summed E-state index contributed by atoms with van der Waals surface area (Å²) in [5.41, 5.74) is 8.28. The Kier molecular flexibility index (Phi) is 5.06. The van der Waals surface area contributed by atoms with Crippen LogP contribution in [-0.4, -0.2) is 33.6 Å². The number of ether oxygens (including phenoxy) is 1. The summed E-state index contributed by atoms with van der Waals surface area (Å²) in [6.07, 6.45) is 0.289. The molecular formula is C18H17N3O3S. The summed E-state index contributed by atoms with van der Waals surface area (Å²) in [6.45, 7) is 0. The smallest absolute Gasteiger partial charge is 0.320 e. The van der Waals surface area contributed by atoms with Crippen LogP contribution in [0.15, 0.2) is 48.5 Å².